The Morgan fingerprint density at radius 2 is 1.82 bits per heavy atom. The number of hydrazine groups is 1. The topological polar surface area (TPSA) is 72.4 Å². The lowest BCUT2D eigenvalue weighted by molar-refractivity contribution is 0.254. The predicted molar refractivity (Wildman–Crippen MR) is 42.7 cm³/mol. The van der Waals surface area contributed by atoms with Crippen LogP contribution in [-0.2, 0) is 0 Å². The Kier molecular flexibility index (Phi) is 2.08. The van der Waals surface area contributed by atoms with E-state index in [-0.39, 0.29) is 0 Å². The van der Waals surface area contributed by atoms with Gasteiger partial charge in [-0.2, -0.15) is 0 Å². The van der Waals surface area contributed by atoms with E-state index in [0.29, 0.717) is 5.69 Å². The van der Waals surface area contributed by atoms with Gasteiger partial charge in [-0.05, 0) is 12.1 Å². The molecule has 1 aromatic rings. The first-order valence-electron chi connectivity index (χ1n) is 3.11. The number of para-hydroxylation sites is 1. The molecule has 1 aromatic carbocycles. The summed E-state index contributed by atoms with van der Waals surface area (Å²) in [6.07, 6.45) is 0. The highest BCUT2D eigenvalue weighted by molar-refractivity contribution is 5.89. The van der Waals surface area contributed by atoms with Crippen molar-refractivity contribution in [2.24, 2.45) is 11.6 Å². The van der Waals surface area contributed by atoms with Gasteiger partial charge in [-0.15, -0.1) is 0 Å². The second-order valence-electron chi connectivity index (χ2n) is 2.04. The molecule has 11 heavy (non-hydrogen) atoms. The van der Waals surface area contributed by atoms with Crippen LogP contribution in [0.4, 0.5) is 10.5 Å². The second kappa shape index (κ2) is 3.03. The van der Waals surface area contributed by atoms with Gasteiger partial charge in [0.15, 0.2) is 0 Å². The molecule has 1 rings (SSSR count). The van der Waals surface area contributed by atoms with Crippen LogP contribution in [-0.4, -0.2) is 6.03 Å². The van der Waals surface area contributed by atoms with Crippen LogP contribution in [0.5, 0.6) is 0 Å². The average molecular weight is 151 g/mol. The van der Waals surface area contributed by atoms with E-state index >= 15 is 0 Å². The molecule has 0 saturated heterocycles. The minimum absolute atomic E-state index is 0.583. The highest BCUT2D eigenvalue weighted by Gasteiger charge is 2.04. The number of nitrogens with zero attached hydrogens (tertiary/aromatic N) is 1. The fourth-order valence-electron chi connectivity index (χ4n) is 0.716. The fourth-order valence-corrected chi connectivity index (χ4v) is 0.716. The van der Waals surface area contributed by atoms with E-state index in [1.54, 1.807) is 24.3 Å². The summed E-state index contributed by atoms with van der Waals surface area (Å²) in [6, 6.07) is 8.11. The Bertz CT molecular complexity index is 247. The van der Waals surface area contributed by atoms with Gasteiger partial charge in [0, 0.05) is 0 Å². The maximum atomic E-state index is 10.5. The zero-order valence-corrected chi connectivity index (χ0v) is 5.90. The summed E-state index contributed by atoms with van der Waals surface area (Å²) in [7, 11) is 0. The van der Waals surface area contributed by atoms with Crippen molar-refractivity contribution in [3.8, 4) is 0 Å². The number of urea groups is 1. The van der Waals surface area contributed by atoms with E-state index in [9.17, 15) is 4.79 Å². The highest BCUT2D eigenvalue weighted by atomic mass is 16.2. The van der Waals surface area contributed by atoms with Gasteiger partial charge in [-0.25, -0.2) is 15.6 Å². The number of nitrogens with two attached hydrogens (primary N) is 2. The third kappa shape index (κ3) is 1.68. The monoisotopic (exact) mass is 151 g/mol. The number of primary amides is 1. The van der Waals surface area contributed by atoms with Gasteiger partial charge < -0.3 is 5.73 Å². The van der Waals surface area contributed by atoms with Crippen LogP contribution in [0.1, 0.15) is 0 Å². The number of rotatable bonds is 1. The van der Waals surface area contributed by atoms with Gasteiger partial charge in [-0.3, -0.25) is 0 Å². The molecule has 0 aliphatic rings. The molecule has 4 heteroatoms. The predicted octanol–water partition coefficient (Wildman–Crippen LogP) is 0.445. The largest absolute Gasteiger partial charge is 0.350 e. The van der Waals surface area contributed by atoms with E-state index in [1.807, 2.05) is 6.07 Å². The smallest absolute Gasteiger partial charge is 0.333 e. The molecule has 0 aromatic heterocycles. The molecule has 0 saturated carbocycles. The van der Waals surface area contributed by atoms with E-state index < -0.39 is 6.03 Å². The van der Waals surface area contributed by atoms with Gasteiger partial charge >= 0.3 is 6.03 Å². The van der Waals surface area contributed by atoms with Crippen molar-refractivity contribution in [3.05, 3.63) is 30.3 Å². The Hall–Kier alpha value is -1.55. The molecule has 2 amide bonds. The fraction of sp³-hybridized carbons (Fsp3) is 0. The van der Waals surface area contributed by atoms with E-state index in [0.717, 1.165) is 5.01 Å². The van der Waals surface area contributed by atoms with Crippen LogP contribution in [0.15, 0.2) is 30.3 Å². The first-order chi connectivity index (χ1) is 5.22. The molecule has 0 bridgehead atoms. The molecule has 0 unspecified atom stereocenters. The third-order valence-corrected chi connectivity index (χ3v) is 1.27. The molecule has 0 aliphatic carbocycles. The second-order valence-corrected chi connectivity index (χ2v) is 2.04. The molecule has 4 N–H and O–H groups in total. The lowest BCUT2D eigenvalue weighted by atomic mass is 10.3. The standard InChI is InChI=1S/C7H9N3O/c8-7(11)10(9)6-4-2-1-3-5-6/h1-5H,9H2,(H2,8,11). The summed E-state index contributed by atoms with van der Waals surface area (Å²) >= 11 is 0. The third-order valence-electron chi connectivity index (χ3n) is 1.27. The molecular weight excluding hydrogens is 142 g/mol. The number of amides is 2. The lowest BCUT2D eigenvalue weighted by Crippen LogP contribution is -2.41. The van der Waals surface area contributed by atoms with E-state index in [4.69, 9.17) is 11.6 Å². The average Bonchev–Trinajstić information content (AvgIpc) is 2.05. The maximum absolute atomic E-state index is 10.5. The van der Waals surface area contributed by atoms with Crippen molar-refractivity contribution in [2.45, 2.75) is 0 Å². The van der Waals surface area contributed by atoms with Gasteiger partial charge in [0.2, 0.25) is 0 Å². The lowest BCUT2D eigenvalue weighted by Gasteiger charge is -2.12. The first kappa shape index (κ1) is 7.56. The van der Waals surface area contributed by atoms with Crippen LogP contribution >= 0.6 is 0 Å². The van der Waals surface area contributed by atoms with Gasteiger partial charge in [-0.1, -0.05) is 18.2 Å². The van der Waals surface area contributed by atoms with Crippen LogP contribution in [0.3, 0.4) is 0 Å². The van der Waals surface area contributed by atoms with Gasteiger partial charge in [0.25, 0.3) is 0 Å². The molecular formula is C7H9N3O. The zero-order valence-electron chi connectivity index (χ0n) is 5.90. The summed E-state index contributed by atoms with van der Waals surface area (Å²) < 4.78 is 0. The summed E-state index contributed by atoms with van der Waals surface area (Å²) in [5.41, 5.74) is 5.51. The number of benzene rings is 1. The molecule has 0 radical (unpaired) electrons. The minimum Gasteiger partial charge on any atom is -0.350 e. The Morgan fingerprint density at radius 1 is 1.27 bits per heavy atom. The Balaban J connectivity index is 2.85. The number of hydrogen-bond donors (Lipinski definition) is 2. The molecule has 0 spiro atoms. The minimum atomic E-state index is -0.670. The number of carbonyl (C=O) groups excluding carboxylic acids is 1. The molecule has 0 heterocycles. The van der Waals surface area contributed by atoms with Crippen molar-refractivity contribution in [3.63, 3.8) is 0 Å². The highest BCUT2D eigenvalue weighted by Crippen LogP contribution is 2.07. The van der Waals surface area contributed by atoms with E-state index in [2.05, 4.69) is 0 Å². The van der Waals surface area contributed by atoms with Crippen LogP contribution in [0.25, 0.3) is 0 Å². The number of anilines is 1. The molecule has 58 valence electrons. The zero-order chi connectivity index (χ0) is 8.27. The molecule has 0 fully saturated rings. The summed E-state index contributed by atoms with van der Waals surface area (Å²) in [6.45, 7) is 0. The summed E-state index contributed by atoms with van der Waals surface area (Å²) in [5.74, 6) is 5.30. The van der Waals surface area contributed by atoms with Crippen molar-refractivity contribution >= 4 is 11.7 Å². The maximum Gasteiger partial charge on any atom is 0.333 e. The summed E-state index contributed by atoms with van der Waals surface area (Å²) in [4.78, 5) is 10.5. The SMILES string of the molecule is NC(=O)N(N)c1ccccc1. The normalized spacial score (nSPS) is 9.18. The van der Waals surface area contributed by atoms with Gasteiger partial charge in [0.1, 0.15) is 0 Å². The van der Waals surface area contributed by atoms with Crippen LogP contribution < -0.4 is 16.6 Å². The number of hydrogen-bond acceptors (Lipinski definition) is 2. The van der Waals surface area contributed by atoms with Crippen LogP contribution in [0, 0.1) is 0 Å². The van der Waals surface area contributed by atoms with Crippen molar-refractivity contribution in [2.75, 3.05) is 5.01 Å². The summed E-state index contributed by atoms with van der Waals surface area (Å²) in [5, 5.41) is 0.889. The van der Waals surface area contributed by atoms with Gasteiger partial charge in [0.05, 0.1) is 5.69 Å². The molecule has 0 atom stereocenters. The van der Waals surface area contributed by atoms with Crippen molar-refractivity contribution in [1.82, 2.24) is 0 Å². The van der Waals surface area contributed by atoms with Crippen molar-refractivity contribution in [1.29, 1.82) is 0 Å². The quantitative estimate of drug-likeness (QED) is 0.347. The van der Waals surface area contributed by atoms with E-state index in [1.165, 1.54) is 0 Å². The van der Waals surface area contributed by atoms with Crippen LogP contribution in [0.2, 0.25) is 0 Å². The Labute approximate surface area is 64.4 Å². The first-order valence-corrected chi connectivity index (χ1v) is 3.11. The molecule has 4 nitrogen and oxygen atoms in total. The Morgan fingerprint density at radius 3 is 2.27 bits per heavy atom. The molecule has 0 aliphatic heterocycles. The van der Waals surface area contributed by atoms with Crippen molar-refractivity contribution < 1.29 is 4.79 Å². The number of carbonyl (C=O) groups is 1.